The van der Waals surface area contributed by atoms with E-state index in [1.807, 2.05) is 19.9 Å². The summed E-state index contributed by atoms with van der Waals surface area (Å²) < 4.78 is 1.63. The third-order valence-corrected chi connectivity index (χ3v) is 2.13. The van der Waals surface area contributed by atoms with E-state index in [2.05, 4.69) is 4.98 Å². The lowest BCUT2D eigenvalue weighted by Crippen LogP contribution is -2.21. The number of hydrogen-bond acceptors (Lipinski definition) is 3. The van der Waals surface area contributed by atoms with Gasteiger partial charge in [-0.05, 0) is 5.92 Å². The van der Waals surface area contributed by atoms with Crippen LogP contribution in [0, 0.1) is 23.2 Å². The number of nitrogens with zero attached hydrogens (tertiary/aromatic N) is 3. The maximum Gasteiger partial charge on any atom is 0.215 e. The monoisotopic (exact) mass is 191 g/mol. The predicted molar refractivity (Wildman–Crippen MR) is 51.5 cm³/mol. The fourth-order valence-corrected chi connectivity index (χ4v) is 1.25. The summed E-state index contributed by atoms with van der Waals surface area (Å²) in [4.78, 5) is 15.7. The first-order valence-electron chi connectivity index (χ1n) is 4.49. The van der Waals surface area contributed by atoms with Crippen molar-refractivity contribution >= 4 is 5.78 Å². The number of ketones is 1. The van der Waals surface area contributed by atoms with Crippen molar-refractivity contribution in [2.45, 2.75) is 13.8 Å². The minimum atomic E-state index is -0.601. The smallest absolute Gasteiger partial charge is 0.215 e. The molecular formula is C10H13N3O. The first-order chi connectivity index (χ1) is 6.57. The molecule has 0 N–H and O–H groups in total. The SMILES string of the molecule is CC(C)C(C#N)C(=O)c1nccn1C. The van der Waals surface area contributed by atoms with Gasteiger partial charge in [0.05, 0.1) is 6.07 Å². The van der Waals surface area contributed by atoms with Crippen LogP contribution >= 0.6 is 0 Å². The van der Waals surface area contributed by atoms with Crippen LogP contribution in [-0.4, -0.2) is 15.3 Å². The molecule has 1 rings (SSSR count). The lowest BCUT2D eigenvalue weighted by atomic mass is 9.92. The number of hydrogen-bond donors (Lipinski definition) is 0. The van der Waals surface area contributed by atoms with E-state index in [1.54, 1.807) is 24.0 Å². The van der Waals surface area contributed by atoms with Crippen molar-refractivity contribution in [1.29, 1.82) is 5.26 Å². The molecule has 0 spiro atoms. The molecule has 1 aromatic heterocycles. The number of aromatic nitrogens is 2. The van der Waals surface area contributed by atoms with Crippen molar-refractivity contribution in [3.63, 3.8) is 0 Å². The van der Waals surface area contributed by atoms with Crippen LogP contribution in [0.4, 0.5) is 0 Å². The third kappa shape index (κ3) is 1.82. The highest BCUT2D eigenvalue weighted by Crippen LogP contribution is 2.15. The van der Waals surface area contributed by atoms with Gasteiger partial charge in [0.15, 0.2) is 5.82 Å². The predicted octanol–water partition coefficient (Wildman–Crippen LogP) is 1.40. The van der Waals surface area contributed by atoms with E-state index < -0.39 is 5.92 Å². The standard InChI is InChI=1S/C10H13N3O/c1-7(2)8(6-11)9(14)10-12-4-5-13(10)3/h4-5,7-8H,1-3H3. The van der Waals surface area contributed by atoms with E-state index in [-0.39, 0.29) is 11.7 Å². The third-order valence-electron chi connectivity index (χ3n) is 2.13. The number of carbonyl (C=O) groups is 1. The minimum Gasteiger partial charge on any atom is -0.332 e. The van der Waals surface area contributed by atoms with Crippen LogP contribution in [0.3, 0.4) is 0 Å². The minimum absolute atomic E-state index is 0.0178. The van der Waals surface area contributed by atoms with Gasteiger partial charge in [-0.15, -0.1) is 0 Å². The molecule has 0 bridgehead atoms. The molecule has 0 amide bonds. The Bertz CT molecular complexity index is 373. The van der Waals surface area contributed by atoms with Crippen LogP contribution in [0.1, 0.15) is 24.5 Å². The van der Waals surface area contributed by atoms with Gasteiger partial charge in [0, 0.05) is 19.4 Å². The fourth-order valence-electron chi connectivity index (χ4n) is 1.25. The molecule has 1 atom stereocenters. The molecule has 74 valence electrons. The number of aryl methyl sites for hydroxylation is 1. The lowest BCUT2D eigenvalue weighted by Gasteiger charge is -2.10. The number of carbonyl (C=O) groups excluding carboxylic acids is 1. The fraction of sp³-hybridized carbons (Fsp3) is 0.500. The molecule has 0 saturated heterocycles. The van der Waals surface area contributed by atoms with Crippen LogP contribution in [0.2, 0.25) is 0 Å². The molecular weight excluding hydrogens is 178 g/mol. The first-order valence-corrected chi connectivity index (χ1v) is 4.49. The van der Waals surface area contributed by atoms with Crippen molar-refractivity contribution in [3.05, 3.63) is 18.2 Å². The summed E-state index contributed by atoms with van der Waals surface area (Å²) in [6.07, 6.45) is 3.25. The quantitative estimate of drug-likeness (QED) is 0.678. The molecule has 0 aliphatic heterocycles. The normalized spacial score (nSPS) is 12.5. The summed E-state index contributed by atoms with van der Waals surface area (Å²) >= 11 is 0. The maximum absolute atomic E-state index is 11.8. The van der Waals surface area contributed by atoms with Gasteiger partial charge < -0.3 is 4.57 Å². The molecule has 1 aromatic rings. The molecule has 4 heteroatoms. The van der Waals surface area contributed by atoms with Gasteiger partial charge in [-0.1, -0.05) is 13.8 Å². The van der Waals surface area contributed by atoms with E-state index in [0.29, 0.717) is 5.82 Å². The Morgan fingerprint density at radius 1 is 1.64 bits per heavy atom. The molecule has 14 heavy (non-hydrogen) atoms. The van der Waals surface area contributed by atoms with Gasteiger partial charge in [0.2, 0.25) is 5.78 Å². The Morgan fingerprint density at radius 3 is 2.64 bits per heavy atom. The lowest BCUT2D eigenvalue weighted by molar-refractivity contribution is 0.0910. The largest absolute Gasteiger partial charge is 0.332 e. The van der Waals surface area contributed by atoms with Crippen LogP contribution in [0.15, 0.2) is 12.4 Å². The number of Topliss-reactive ketones (excluding diaryl/α,β-unsaturated/α-hetero) is 1. The van der Waals surface area contributed by atoms with Crippen LogP contribution < -0.4 is 0 Å². The molecule has 1 unspecified atom stereocenters. The van der Waals surface area contributed by atoms with Crippen molar-refractivity contribution in [2.24, 2.45) is 18.9 Å². The van der Waals surface area contributed by atoms with Crippen molar-refractivity contribution in [3.8, 4) is 6.07 Å². The molecule has 0 saturated carbocycles. The molecule has 0 aliphatic rings. The molecule has 0 aromatic carbocycles. The van der Waals surface area contributed by atoms with Crippen molar-refractivity contribution in [2.75, 3.05) is 0 Å². The van der Waals surface area contributed by atoms with E-state index >= 15 is 0 Å². The van der Waals surface area contributed by atoms with Crippen LogP contribution in [0.25, 0.3) is 0 Å². The zero-order valence-electron chi connectivity index (χ0n) is 8.56. The van der Waals surface area contributed by atoms with Crippen LogP contribution in [0.5, 0.6) is 0 Å². The second kappa shape index (κ2) is 4.05. The summed E-state index contributed by atoms with van der Waals surface area (Å²) in [5.74, 6) is -0.430. The Balaban J connectivity index is 2.96. The highest BCUT2D eigenvalue weighted by Gasteiger charge is 2.25. The van der Waals surface area contributed by atoms with E-state index in [0.717, 1.165) is 0 Å². The number of rotatable bonds is 3. The Kier molecular flexibility index (Phi) is 3.03. The van der Waals surface area contributed by atoms with E-state index in [1.165, 1.54) is 0 Å². The van der Waals surface area contributed by atoms with Crippen molar-refractivity contribution < 1.29 is 4.79 Å². The number of nitriles is 1. The second-order valence-corrected chi connectivity index (χ2v) is 3.58. The zero-order valence-corrected chi connectivity index (χ0v) is 8.56. The topological polar surface area (TPSA) is 58.7 Å². The Labute approximate surface area is 83.2 Å². The van der Waals surface area contributed by atoms with Gasteiger partial charge in [-0.3, -0.25) is 4.79 Å². The van der Waals surface area contributed by atoms with Gasteiger partial charge in [0.1, 0.15) is 5.92 Å². The summed E-state index contributed by atoms with van der Waals surface area (Å²) in [6, 6.07) is 2.01. The highest BCUT2D eigenvalue weighted by atomic mass is 16.1. The average molecular weight is 191 g/mol. The van der Waals surface area contributed by atoms with E-state index in [9.17, 15) is 4.79 Å². The summed E-state index contributed by atoms with van der Waals surface area (Å²) in [5, 5.41) is 8.85. The average Bonchev–Trinajstić information content (AvgIpc) is 2.51. The molecule has 0 radical (unpaired) electrons. The summed E-state index contributed by atoms with van der Waals surface area (Å²) in [6.45, 7) is 3.71. The van der Waals surface area contributed by atoms with Gasteiger partial charge in [-0.25, -0.2) is 4.98 Å². The zero-order chi connectivity index (χ0) is 10.7. The Hall–Kier alpha value is -1.63. The molecule has 0 fully saturated rings. The first kappa shape index (κ1) is 10.5. The van der Waals surface area contributed by atoms with Crippen LogP contribution in [-0.2, 0) is 7.05 Å². The second-order valence-electron chi connectivity index (χ2n) is 3.58. The van der Waals surface area contributed by atoms with Gasteiger partial charge >= 0.3 is 0 Å². The summed E-state index contributed by atoms with van der Waals surface area (Å²) in [5.41, 5.74) is 0. The van der Waals surface area contributed by atoms with Gasteiger partial charge in [0.25, 0.3) is 0 Å². The van der Waals surface area contributed by atoms with Crippen molar-refractivity contribution in [1.82, 2.24) is 9.55 Å². The highest BCUT2D eigenvalue weighted by molar-refractivity contribution is 5.96. The number of imidazole rings is 1. The maximum atomic E-state index is 11.8. The van der Waals surface area contributed by atoms with E-state index in [4.69, 9.17) is 5.26 Å². The van der Waals surface area contributed by atoms with Gasteiger partial charge in [-0.2, -0.15) is 5.26 Å². The summed E-state index contributed by atoms with van der Waals surface area (Å²) in [7, 11) is 1.75. The molecule has 1 heterocycles. The molecule has 4 nitrogen and oxygen atoms in total. The Morgan fingerprint density at radius 2 is 2.29 bits per heavy atom. The molecule has 0 aliphatic carbocycles.